The van der Waals surface area contributed by atoms with Crippen molar-refractivity contribution < 1.29 is 4.57 Å². The van der Waals surface area contributed by atoms with Crippen LogP contribution in [0.2, 0.25) is 0 Å². The smallest absolute Gasteiger partial charge is 0.206 e. The van der Waals surface area contributed by atoms with Crippen molar-refractivity contribution in [3.8, 4) is 0 Å². The Bertz CT molecular complexity index is 577. The fourth-order valence-corrected chi connectivity index (χ4v) is 5.11. The van der Waals surface area contributed by atoms with Crippen LogP contribution in [0.1, 0.15) is 25.0 Å². The van der Waals surface area contributed by atoms with Crippen LogP contribution in [0.15, 0.2) is 60.7 Å². The summed E-state index contributed by atoms with van der Waals surface area (Å²) in [6.07, 6.45) is 0. The van der Waals surface area contributed by atoms with E-state index in [1.54, 1.807) is 0 Å². The van der Waals surface area contributed by atoms with Crippen LogP contribution in [0.4, 0.5) is 0 Å². The summed E-state index contributed by atoms with van der Waals surface area (Å²) >= 11 is 0. The lowest BCUT2D eigenvalue weighted by Crippen LogP contribution is -2.32. The molecule has 3 nitrogen and oxygen atoms in total. The number of benzene rings is 2. The van der Waals surface area contributed by atoms with Gasteiger partial charge in [-0.3, -0.25) is 4.57 Å². The Morgan fingerprint density at radius 2 is 1.14 bits per heavy atom. The average Bonchev–Trinajstić information content (AvgIpc) is 2.75. The molecular formula is C18H23N2OP. The van der Waals surface area contributed by atoms with E-state index in [4.69, 9.17) is 0 Å². The largest absolute Gasteiger partial charge is 0.292 e. The highest BCUT2D eigenvalue weighted by Crippen LogP contribution is 2.46. The van der Waals surface area contributed by atoms with Gasteiger partial charge in [-0.2, -0.15) is 0 Å². The highest BCUT2D eigenvalue weighted by atomic mass is 31.1. The van der Waals surface area contributed by atoms with Crippen LogP contribution in [0.5, 0.6) is 0 Å². The molecule has 0 N–H and O–H groups in total. The molecule has 2 aromatic rings. The van der Waals surface area contributed by atoms with Crippen molar-refractivity contribution in [2.45, 2.75) is 39.0 Å². The van der Waals surface area contributed by atoms with Crippen molar-refractivity contribution in [1.29, 1.82) is 0 Å². The third-order valence-corrected chi connectivity index (χ3v) is 6.68. The molecule has 0 aromatic heterocycles. The topological polar surface area (TPSA) is 23.6 Å². The maximum Gasteiger partial charge on any atom is 0.206 e. The molecule has 1 heterocycles. The Balaban J connectivity index is 1.75. The zero-order valence-corrected chi connectivity index (χ0v) is 14.1. The number of hydrogen-bond donors (Lipinski definition) is 0. The first-order chi connectivity index (χ1) is 10.7. The van der Waals surface area contributed by atoms with Gasteiger partial charge < -0.3 is 0 Å². The molecule has 0 unspecified atom stereocenters. The van der Waals surface area contributed by atoms with Crippen LogP contribution < -0.4 is 0 Å². The second-order valence-corrected chi connectivity index (χ2v) is 7.70. The first-order valence-electron chi connectivity index (χ1n) is 7.82. The molecule has 0 radical (unpaired) electrons. The molecule has 1 aliphatic heterocycles. The van der Waals surface area contributed by atoms with E-state index >= 15 is 0 Å². The fourth-order valence-electron chi connectivity index (χ4n) is 3.02. The van der Waals surface area contributed by atoms with E-state index in [0.717, 1.165) is 13.1 Å². The van der Waals surface area contributed by atoms with Gasteiger partial charge in [-0.15, -0.1) is 0 Å². The van der Waals surface area contributed by atoms with Crippen LogP contribution in [-0.4, -0.2) is 21.4 Å². The summed E-state index contributed by atoms with van der Waals surface area (Å²) in [7, 11) is -1.91. The third kappa shape index (κ3) is 3.17. The van der Waals surface area contributed by atoms with Crippen LogP contribution in [0.3, 0.4) is 0 Å². The van der Waals surface area contributed by atoms with Gasteiger partial charge >= 0.3 is 0 Å². The van der Waals surface area contributed by atoms with E-state index in [9.17, 15) is 4.57 Å². The van der Waals surface area contributed by atoms with Gasteiger partial charge in [-0.05, 0) is 25.0 Å². The van der Waals surface area contributed by atoms with E-state index in [-0.39, 0.29) is 0 Å². The van der Waals surface area contributed by atoms with Crippen molar-refractivity contribution in [1.82, 2.24) is 9.34 Å². The zero-order valence-electron chi connectivity index (χ0n) is 13.1. The zero-order chi connectivity index (χ0) is 15.5. The molecule has 0 bridgehead atoms. The van der Waals surface area contributed by atoms with Gasteiger partial charge in [0.25, 0.3) is 0 Å². The average molecular weight is 314 g/mol. The van der Waals surface area contributed by atoms with Crippen LogP contribution >= 0.6 is 8.10 Å². The van der Waals surface area contributed by atoms with E-state index in [0.29, 0.717) is 12.1 Å². The molecule has 0 aliphatic carbocycles. The Hall–Kier alpha value is -1.41. The molecule has 2 atom stereocenters. The Morgan fingerprint density at radius 3 is 1.50 bits per heavy atom. The van der Waals surface area contributed by atoms with Crippen molar-refractivity contribution in [3.63, 3.8) is 0 Å². The van der Waals surface area contributed by atoms with Gasteiger partial charge in [0.2, 0.25) is 8.10 Å². The molecule has 0 amide bonds. The molecule has 1 fully saturated rings. The van der Waals surface area contributed by atoms with Crippen molar-refractivity contribution in [2.75, 3.05) is 0 Å². The standard InChI is InChI=1S/C18H23N2OP/c1-15-16(2)20(14-18-11-7-4-8-12-18)22(21)19(15)13-17-9-5-3-6-10-17/h3-12,15-16,22H,13-14H2,1-2H3/t15-,16-/m1/s1. The van der Waals surface area contributed by atoms with E-state index in [2.05, 4.69) is 47.5 Å². The van der Waals surface area contributed by atoms with E-state index in [1.165, 1.54) is 11.1 Å². The molecule has 2 aromatic carbocycles. The second kappa shape index (κ2) is 6.78. The van der Waals surface area contributed by atoms with Gasteiger partial charge in [0.05, 0.1) is 0 Å². The van der Waals surface area contributed by atoms with Crippen LogP contribution in [-0.2, 0) is 17.7 Å². The molecule has 116 valence electrons. The highest BCUT2D eigenvalue weighted by molar-refractivity contribution is 7.39. The minimum Gasteiger partial charge on any atom is -0.292 e. The SMILES string of the molecule is C[C@@H]1[C@@H](C)N(Cc2ccccc2)[PH](=O)N1Cc1ccccc1. The summed E-state index contributed by atoms with van der Waals surface area (Å²) in [4.78, 5) is 0. The van der Waals surface area contributed by atoms with Gasteiger partial charge in [-0.25, -0.2) is 9.34 Å². The van der Waals surface area contributed by atoms with Crippen LogP contribution in [0.25, 0.3) is 0 Å². The van der Waals surface area contributed by atoms with Crippen molar-refractivity contribution in [2.24, 2.45) is 0 Å². The van der Waals surface area contributed by atoms with Gasteiger partial charge in [-0.1, -0.05) is 60.7 Å². The first kappa shape index (κ1) is 15.5. The number of hydrogen-bond acceptors (Lipinski definition) is 1. The minimum absolute atomic E-state index is 0.301. The van der Waals surface area contributed by atoms with Crippen LogP contribution in [0, 0.1) is 0 Å². The maximum absolute atomic E-state index is 13.0. The lowest BCUT2D eigenvalue weighted by molar-refractivity contribution is 0.288. The quantitative estimate of drug-likeness (QED) is 0.791. The van der Waals surface area contributed by atoms with Crippen molar-refractivity contribution in [3.05, 3.63) is 71.8 Å². The summed E-state index contributed by atoms with van der Waals surface area (Å²) in [6.45, 7) is 5.88. The lowest BCUT2D eigenvalue weighted by atomic mass is 10.1. The molecule has 0 saturated carbocycles. The third-order valence-electron chi connectivity index (χ3n) is 4.56. The number of nitrogens with zero attached hydrogens (tertiary/aromatic N) is 2. The lowest BCUT2D eigenvalue weighted by Gasteiger charge is -2.20. The highest BCUT2D eigenvalue weighted by Gasteiger charge is 2.39. The summed E-state index contributed by atoms with van der Waals surface area (Å²) < 4.78 is 17.3. The van der Waals surface area contributed by atoms with E-state index < -0.39 is 8.10 Å². The van der Waals surface area contributed by atoms with Gasteiger partial charge in [0.15, 0.2) is 0 Å². The predicted molar refractivity (Wildman–Crippen MR) is 91.9 cm³/mol. The van der Waals surface area contributed by atoms with Gasteiger partial charge in [0.1, 0.15) is 0 Å². The fraction of sp³-hybridized carbons (Fsp3) is 0.333. The number of rotatable bonds is 4. The maximum atomic E-state index is 13.0. The Kier molecular flexibility index (Phi) is 4.77. The molecule has 3 rings (SSSR count). The Morgan fingerprint density at radius 1 is 0.773 bits per heavy atom. The molecule has 1 aliphatic rings. The Labute approximate surface area is 133 Å². The first-order valence-corrected chi connectivity index (χ1v) is 9.12. The summed E-state index contributed by atoms with van der Waals surface area (Å²) in [5, 5.41) is 0. The molecular weight excluding hydrogens is 291 g/mol. The van der Waals surface area contributed by atoms with Gasteiger partial charge in [0, 0.05) is 25.2 Å². The second-order valence-electron chi connectivity index (χ2n) is 5.99. The molecule has 0 spiro atoms. The molecule has 1 saturated heterocycles. The van der Waals surface area contributed by atoms with E-state index in [1.807, 2.05) is 36.4 Å². The molecule has 4 heteroatoms. The van der Waals surface area contributed by atoms with Crippen molar-refractivity contribution >= 4 is 8.10 Å². The summed E-state index contributed by atoms with van der Waals surface area (Å²) in [5.41, 5.74) is 2.45. The molecule has 22 heavy (non-hydrogen) atoms. The summed E-state index contributed by atoms with van der Waals surface area (Å²) in [5.74, 6) is 0. The minimum atomic E-state index is -1.91. The normalized spacial score (nSPS) is 23.9. The predicted octanol–water partition coefficient (Wildman–Crippen LogP) is 4.17. The monoisotopic (exact) mass is 314 g/mol. The summed E-state index contributed by atoms with van der Waals surface area (Å²) in [6, 6.07) is 21.2.